The van der Waals surface area contributed by atoms with E-state index in [-0.39, 0.29) is 10.7 Å². The Morgan fingerprint density at radius 3 is 2.74 bits per heavy atom. The lowest BCUT2D eigenvalue weighted by molar-refractivity contribution is 0.270. The molecule has 0 aliphatic carbocycles. The molecule has 1 aliphatic heterocycles. The zero-order valence-corrected chi connectivity index (χ0v) is 17.1. The highest BCUT2D eigenvalue weighted by Crippen LogP contribution is 2.32. The van der Waals surface area contributed by atoms with Crippen LogP contribution in [-0.2, 0) is 16.6 Å². The number of sulfonamides is 1. The highest BCUT2D eigenvalue weighted by Gasteiger charge is 2.37. The van der Waals surface area contributed by atoms with E-state index in [4.69, 9.17) is 0 Å². The summed E-state index contributed by atoms with van der Waals surface area (Å²) in [4.78, 5) is 0.270. The Bertz CT molecular complexity index is 924. The predicted octanol–water partition coefficient (Wildman–Crippen LogP) is 2.63. The van der Waals surface area contributed by atoms with Crippen LogP contribution in [0, 0.1) is 25.6 Å². The van der Waals surface area contributed by atoms with E-state index in [2.05, 4.69) is 24.3 Å². The first-order chi connectivity index (χ1) is 12.7. The molecule has 2 aromatic rings. The predicted molar refractivity (Wildman–Crippen MR) is 102 cm³/mol. The molecule has 6 nitrogen and oxygen atoms in total. The standard InChI is InChI=1S/C19H27FN4O2S/c1-13(2)12-23-15(4)19(14(3)22-23)27(25,26)24-9-8-21-11-18(24)16-6-5-7-17(20)10-16/h5-7,10,13,18,21H,8-9,11-12H2,1-4H3. The first-order valence-electron chi connectivity index (χ1n) is 9.24. The van der Waals surface area contributed by atoms with Gasteiger partial charge in [0, 0.05) is 26.2 Å². The van der Waals surface area contributed by atoms with Gasteiger partial charge in [0.15, 0.2) is 0 Å². The number of hydrogen-bond acceptors (Lipinski definition) is 4. The van der Waals surface area contributed by atoms with E-state index in [1.165, 1.54) is 16.4 Å². The zero-order chi connectivity index (χ0) is 19.8. The maximum Gasteiger partial charge on any atom is 0.247 e. The average Bonchev–Trinajstić information content (AvgIpc) is 2.88. The van der Waals surface area contributed by atoms with Gasteiger partial charge in [0.25, 0.3) is 0 Å². The van der Waals surface area contributed by atoms with Crippen LogP contribution >= 0.6 is 0 Å². The molecule has 1 atom stereocenters. The number of nitrogens with one attached hydrogen (secondary N) is 1. The van der Waals surface area contributed by atoms with Crippen molar-refractivity contribution in [1.29, 1.82) is 0 Å². The van der Waals surface area contributed by atoms with Crippen LogP contribution in [0.3, 0.4) is 0 Å². The summed E-state index contributed by atoms with van der Waals surface area (Å²) in [5.74, 6) is -0.00896. The number of piperazine rings is 1. The second kappa shape index (κ2) is 7.69. The van der Waals surface area contributed by atoms with E-state index < -0.39 is 16.1 Å². The highest BCUT2D eigenvalue weighted by atomic mass is 32.2. The van der Waals surface area contributed by atoms with Gasteiger partial charge >= 0.3 is 0 Å². The van der Waals surface area contributed by atoms with Crippen LogP contribution < -0.4 is 5.32 Å². The van der Waals surface area contributed by atoms with Gasteiger partial charge in [-0.3, -0.25) is 4.68 Å². The molecular weight excluding hydrogens is 367 g/mol. The summed E-state index contributed by atoms with van der Waals surface area (Å²) in [7, 11) is -3.76. The Balaban J connectivity index is 2.03. The van der Waals surface area contributed by atoms with Crippen molar-refractivity contribution in [3.63, 3.8) is 0 Å². The maximum atomic E-state index is 13.7. The molecule has 1 aromatic heterocycles. The van der Waals surface area contributed by atoms with Gasteiger partial charge in [0.1, 0.15) is 10.7 Å². The molecule has 1 aromatic carbocycles. The number of nitrogens with zero attached hydrogens (tertiary/aromatic N) is 3. The van der Waals surface area contributed by atoms with E-state index in [0.29, 0.717) is 49.0 Å². The normalized spacial score (nSPS) is 19.0. The van der Waals surface area contributed by atoms with Gasteiger partial charge in [-0.1, -0.05) is 26.0 Å². The lowest BCUT2D eigenvalue weighted by Gasteiger charge is -2.35. The molecule has 0 saturated carbocycles. The van der Waals surface area contributed by atoms with Gasteiger partial charge in [0.05, 0.1) is 17.4 Å². The molecular formula is C19H27FN4O2S. The first kappa shape index (κ1) is 20.0. The van der Waals surface area contributed by atoms with Crippen LogP contribution in [0.25, 0.3) is 0 Å². The topological polar surface area (TPSA) is 67.2 Å². The second-order valence-corrected chi connectivity index (χ2v) is 9.29. The summed E-state index contributed by atoms with van der Waals surface area (Å²) in [5.41, 5.74) is 1.80. The average molecular weight is 395 g/mol. The number of halogens is 1. The first-order valence-corrected chi connectivity index (χ1v) is 10.7. The summed E-state index contributed by atoms with van der Waals surface area (Å²) < 4.78 is 44.1. The number of aryl methyl sites for hydroxylation is 1. The smallest absolute Gasteiger partial charge is 0.247 e. The van der Waals surface area contributed by atoms with E-state index in [1.54, 1.807) is 30.7 Å². The van der Waals surface area contributed by atoms with Crippen molar-refractivity contribution in [2.24, 2.45) is 5.92 Å². The molecule has 0 amide bonds. The van der Waals surface area contributed by atoms with Crippen molar-refractivity contribution in [1.82, 2.24) is 19.4 Å². The van der Waals surface area contributed by atoms with E-state index in [0.717, 1.165) is 0 Å². The number of hydrogen-bond donors (Lipinski definition) is 1. The summed E-state index contributed by atoms with van der Waals surface area (Å²) in [5, 5.41) is 7.68. The third-order valence-electron chi connectivity index (χ3n) is 4.85. The van der Waals surface area contributed by atoms with E-state index in [1.807, 2.05) is 0 Å². The van der Waals surface area contributed by atoms with Crippen LogP contribution in [-0.4, -0.2) is 42.1 Å². The monoisotopic (exact) mass is 394 g/mol. The molecule has 2 heterocycles. The summed E-state index contributed by atoms with van der Waals surface area (Å²) in [6.45, 7) is 9.67. The third-order valence-corrected chi connectivity index (χ3v) is 7.01. The summed E-state index contributed by atoms with van der Waals surface area (Å²) >= 11 is 0. The Hall–Kier alpha value is -1.77. The van der Waals surface area contributed by atoms with Crippen molar-refractivity contribution >= 4 is 10.0 Å². The van der Waals surface area contributed by atoms with Gasteiger partial charge in [-0.2, -0.15) is 9.40 Å². The number of aromatic nitrogens is 2. The van der Waals surface area contributed by atoms with Gasteiger partial charge in [-0.25, -0.2) is 12.8 Å². The molecule has 0 bridgehead atoms. The van der Waals surface area contributed by atoms with Crippen molar-refractivity contribution < 1.29 is 12.8 Å². The van der Waals surface area contributed by atoms with Gasteiger partial charge in [-0.15, -0.1) is 0 Å². The molecule has 1 saturated heterocycles. The molecule has 1 aliphatic rings. The van der Waals surface area contributed by atoms with Gasteiger partial charge < -0.3 is 5.32 Å². The number of rotatable bonds is 5. The molecule has 148 valence electrons. The fourth-order valence-corrected chi connectivity index (χ4v) is 5.66. The summed E-state index contributed by atoms with van der Waals surface area (Å²) in [6, 6.07) is 5.70. The highest BCUT2D eigenvalue weighted by molar-refractivity contribution is 7.89. The van der Waals surface area contributed by atoms with E-state index >= 15 is 0 Å². The fourth-order valence-electron chi connectivity index (χ4n) is 3.67. The van der Waals surface area contributed by atoms with Crippen molar-refractivity contribution in [2.75, 3.05) is 19.6 Å². The van der Waals surface area contributed by atoms with E-state index in [9.17, 15) is 12.8 Å². The molecule has 1 N–H and O–H groups in total. The maximum absolute atomic E-state index is 13.7. The Morgan fingerprint density at radius 1 is 1.33 bits per heavy atom. The lowest BCUT2D eigenvalue weighted by atomic mass is 10.1. The quantitative estimate of drug-likeness (QED) is 0.847. The molecule has 0 spiro atoms. The Labute approximate surface area is 160 Å². The van der Waals surface area contributed by atoms with Crippen LogP contribution in [0.2, 0.25) is 0 Å². The van der Waals surface area contributed by atoms with Crippen molar-refractivity contribution in [3.8, 4) is 0 Å². The van der Waals surface area contributed by atoms with Crippen LogP contribution in [0.15, 0.2) is 29.2 Å². The minimum atomic E-state index is -3.76. The van der Waals surface area contributed by atoms with Gasteiger partial charge in [-0.05, 0) is 37.5 Å². The Kier molecular flexibility index (Phi) is 5.69. The molecule has 1 fully saturated rings. The summed E-state index contributed by atoms with van der Waals surface area (Å²) in [6.07, 6.45) is 0. The van der Waals surface area contributed by atoms with Crippen molar-refractivity contribution in [3.05, 3.63) is 47.0 Å². The molecule has 3 rings (SSSR count). The molecule has 0 radical (unpaired) electrons. The minimum Gasteiger partial charge on any atom is -0.313 e. The van der Waals surface area contributed by atoms with Crippen LogP contribution in [0.1, 0.15) is 36.8 Å². The fraction of sp³-hybridized carbons (Fsp3) is 0.526. The lowest BCUT2D eigenvalue weighted by Crippen LogP contribution is -2.48. The second-order valence-electron chi connectivity index (χ2n) is 7.47. The minimum absolute atomic E-state index is 0.270. The third kappa shape index (κ3) is 3.93. The largest absolute Gasteiger partial charge is 0.313 e. The number of benzene rings is 1. The molecule has 8 heteroatoms. The van der Waals surface area contributed by atoms with Crippen LogP contribution in [0.4, 0.5) is 4.39 Å². The van der Waals surface area contributed by atoms with Crippen LogP contribution in [0.5, 0.6) is 0 Å². The molecule has 1 unspecified atom stereocenters. The van der Waals surface area contributed by atoms with Gasteiger partial charge in [0.2, 0.25) is 10.0 Å². The zero-order valence-electron chi connectivity index (χ0n) is 16.2. The Morgan fingerprint density at radius 2 is 2.07 bits per heavy atom. The molecule has 27 heavy (non-hydrogen) atoms. The van der Waals surface area contributed by atoms with Crippen molar-refractivity contribution in [2.45, 2.75) is 45.2 Å². The SMILES string of the molecule is Cc1nn(CC(C)C)c(C)c1S(=O)(=O)N1CCNCC1c1cccc(F)c1.